The van der Waals surface area contributed by atoms with Gasteiger partial charge in [0.15, 0.2) is 0 Å². The molecule has 3 amide bonds. The maximum atomic E-state index is 12.4. The summed E-state index contributed by atoms with van der Waals surface area (Å²) >= 11 is 1.24. The molecule has 0 spiro atoms. The number of benzene rings is 1. The highest BCUT2D eigenvalue weighted by molar-refractivity contribution is 7.99. The highest BCUT2D eigenvalue weighted by atomic mass is 32.2. The fourth-order valence-corrected chi connectivity index (χ4v) is 3.54. The van der Waals surface area contributed by atoms with Gasteiger partial charge in [0.2, 0.25) is 11.8 Å². The molecule has 0 saturated carbocycles. The molecule has 150 valence electrons. The molecular weight excluding hydrogens is 378 g/mol. The minimum absolute atomic E-state index is 0.0377. The molecule has 0 unspecified atom stereocenters. The first-order chi connectivity index (χ1) is 13.7. The van der Waals surface area contributed by atoms with E-state index in [0.29, 0.717) is 30.7 Å². The number of urea groups is 1. The minimum atomic E-state index is -0.0930. The van der Waals surface area contributed by atoms with Crippen molar-refractivity contribution in [1.82, 2.24) is 20.4 Å². The van der Waals surface area contributed by atoms with Crippen molar-refractivity contribution in [2.45, 2.75) is 37.3 Å². The van der Waals surface area contributed by atoms with Crippen LogP contribution in [0.15, 0.2) is 40.0 Å². The second kappa shape index (κ2) is 10.1. The van der Waals surface area contributed by atoms with Crippen LogP contribution < -0.4 is 10.6 Å². The van der Waals surface area contributed by atoms with E-state index in [0.717, 1.165) is 24.9 Å². The average Bonchev–Trinajstić information content (AvgIpc) is 3.20. The summed E-state index contributed by atoms with van der Waals surface area (Å²) in [5.74, 6) is 0.945. The number of hydrogen-bond donors (Lipinski definition) is 2. The number of piperidine rings is 1. The number of aromatic nitrogens is 2. The second-order valence-corrected chi connectivity index (χ2v) is 7.53. The summed E-state index contributed by atoms with van der Waals surface area (Å²) in [7, 11) is 0. The first kappa shape index (κ1) is 20.2. The van der Waals surface area contributed by atoms with Crippen LogP contribution in [0.5, 0.6) is 0 Å². The van der Waals surface area contributed by atoms with Crippen LogP contribution in [0.1, 0.15) is 38.0 Å². The van der Waals surface area contributed by atoms with Gasteiger partial charge >= 0.3 is 6.03 Å². The number of likely N-dealkylation sites (tertiary alicyclic amines) is 1. The summed E-state index contributed by atoms with van der Waals surface area (Å²) in [6.45, 7) is 3.94. The van der Waals surface area contributed by atoms with Gasteiger partial charge in [-0.15, -0.1) is 10.2 Å². The van der Waals surface area contributed by atoms with Crippen LogP contribution in [0, 0.1) is 0 Å². The molecular formula is C19H25N5O3S. The number of rotatable bonds is 7. The molecule has 28 heavy (non-hydrogen) atoms. The first-order valence-corrected chi connectivity index (χ1v) is 10.5. The van der Waals surface area contributed by atoms with Gasteiger partial charge < -0.3 is 20.0 Å². The van der Waals surface area contributed by atoms with Crippen molar-refractivity contribution in [2.24, 2.45) is 0 Å². The number of amides is 3. The Morgan fingerprint density at radius 3 is 2.68 bits per heavy atom. The Kier molecular flexibility index (Phi) is 7.30. The van der Waals surface area contributed by atoms with E-state index in [1.165, 1.54) is 11.8 Å². The lowest BCUT2D eigenvalue weighted by atomic mass is 9.97. The Labute approximate surface area is 168 Å². The molecule has 1 aliphatic rings. The molecule has 9 heteroatoms. The van der Waals surface area contributed by atoms with Crippen molar-refractivity contribution < 1.29 is 14.0 Å². The van der Waals surface area contributed by atoms with Crippen LogP contribution in [0.25, 0.3) is 0 Å². The normalized spacial score (nSPS) is 14.7. The van der Waals surface area contributed by atoms with Crippen LogP contribution in [0.2, 0.25) is 0 Å². The number of thioether (sulfide) groups is 1. The Bertz CT molecular complexity index is 775. The summed E-state index contributed by atoms with van der Waals surface area (Å²) in [5, 5.41) is 14.3. The standard InChI is InChI=1S/C19H25N5O3S/c1-2-10-20-16(25)13-28-19-23-22-17(27-19)14-8-11-24(12-9-14)18(26)21-15-6-4-3-5-7-15/h3-7,14H,2,8-13H2,1H3,(H,20,25)(H,21,26). The maximum Gasteiger partial charge on any atom is 0.321 e. The molecule has 1 aliphatic heterocycles. The van der Waals surface area contributed by atoms with Gasteiger partial charge in [-0.2, -0.15) is 0 Å². The van der Waals surface area contributed by atoms with E-state index in [1.807, 2.05) is 37.3 Å². The zero-order valence-electron chi connectivity index (χ0n) is 15.9. The fraction of sp³-hybridized carbons (Fsp3) is 0.474. The number of para-hydroxylation sites is 1. The monoisotopic (exact) mass is 403 g/mol. The van der Waals surface area contributed by atoms with E-state index < -0.39 is 0 Å². The molecule has 0 bridgehead atoms. The third-order valence-corrected chi connectivity index (χ3v) is 5.30. The molecule has 8 nitrogen and oxygen atoms in total. The van der Waals surface area contributed by atoms with Crippen LogP contribution in [0.3, 0.4) is 0 Å². The molecule has 3 rings (SSSR count). The van der Waals surface area contributed by atoms with Crippen LogP contribution >= 0.6 is 11.8 Å². The summed E-state index contributed by atoms with van der Waals surface area (Å²) in [6.07, 6.45) is 2.44. The number of anilines is 1. The Balaban J connectivity index is 1.44. The van der Waals surface area contributed by atoms with E-state index in [4.69, 9.17) is 4.42 Å². The van der Waals surface area contributed by atoms with Crippen molar-refractivity contribution in [3.05, 3.63) is 36.2 Å². The van der Waals surface area contributed by atoms with Gasteiger partial charge in [-0.05, 0) is 31.4 Å². The summed E-state index contributed by atoms with van der Waals surface area (Å²) in [6, 6.07) is 9.33. The number of nitrogens with zero attached hydrogens (tertiary/aromatic N) is 3. The average molecular weight is 404 g/mol. The van der Waals surface area contributed by atoms with Crippen molar-refractivity contribution in [3.63, 3.8) is 0 Å². The molecule has 2 N–H and O–H groups in total. The largest absolute Gasteiger partial charge is 0.416 e. The topological polar surface area (TPSA) is 100 Å². The fourth-order valence-electron chi connectivity index (χ4n) is 2.94. The Hall–Kier alpha value is -2.55. The van der Waals surface area contributed by atoms with E-state index in [-0.39, 0.29) is 23.6 Å². The van der Waals surface area contributed by atoms with Gasteiger partial charge in [0.1, 0.15) is 0 Å². The van der Waals surface area contributed by atoms with E-state index in [2.05, 4.69) is 20.8 Å². The lowest BCUT2D eigenvalue weighted by Gasteiger charge is -2.30. The van der Waals surface area contributed by atoms with Gasteiger partial charge in [-0.1, -0.05) is 36.9 Å². The van der Waals surface area contributed by atoms with Gasteiger partial charge in [0.05, 0.1) is 5.75 Å². The zero-order chi connectivity index (χ0) is 19.8. The van der Waals surface area contributed by atoms with Gasteiger partial charge in [0, 0.05) is 31.2 Å². The molecule has 0 radical (unpaired) electrons. The number of nitrogens with one attached hydrogen (secondary N) is 2. The van der Waals surface area contributed by atoms with Crippen LogP contribution in [-0.2, 0) is 4.79 Å². The van der Waals surface area contributed by atoms with Crippen LogP contribution in [-0.4, -0.2) is 52.4 Å². The minimum Gasteiger partial charge on any atom is -0.416 e. The molecule has 1 aromatic carbocycles. The lowest BCUT2D eigenvalue weighted by Crippen LogP contribution is -2.40. The zero-order valence-corrected chi connectivity index (χ0v) is 16.7. The van der Waals surface area contributed by atoms with E-state index in [1.54, 1.807) is 4.90 Å². The SMILES string of the molecule is CCCNC(=O)CSc1nnc(C2CCN(C(=O)Nc3ccccc3)CC2)o1. The number of carbonyl (C=O) groups is 2. The molecule has 0 aliphatic carbocycles. The second-order valence-electron chi connectivity index (χ2n) is 6.60. The summed E-state index contributed by atoms with van der Waals surface area (Å²) < 4.78 is 5.71. The van der Waals surface area contributed by atoms with Gasteiger partial charge in [-0.25, -0.2) is 4.79 Å². The van der Waals surface area contributed by atoms with Crippen molar-refractivity contribution in [2.75, 3.05) is 30.7 Å². The Morgan fingerprint density at radius 2 is 1.96 bits per heavy atom. The first-order valence-electron chi connectivity index (χ1n) is 9.49. The van der Waals surface area contributed by atoms with Crippen molar-refractivity contribution in [3.8, 4) is 0 Å². The van der Waals surface area contributed by atoms with Gasteiger partial charge in [0.25, 0.3) is 5.22 Å². The summed E-state index contributed by atoms with van der Waals surface area (Å²) in [5.41, 5.74) is 0.788. The molecule has 1 saturated heterocycles. The lowest BCUT2D eigenvalue weighted by molar-refractivity contribution is -0.118. The third-order valence-electron chi connectivity index (χ3n) is 4.48. The highest BCUT2D eigenvalue weighted by Crippen LogP contribution is 2.29. The number of hydrogen-bond acceptors (Lipinski definition) is 6. The van der Waals surface area contributed by atoms with Crippen molar-refractivity contribution >= 4 is 29.4 Å². The number of carbonyl (C=O) groups excluding carboxylic acids is 2. The Morgan fingerprint density at radius 1 is 1.21 bits per heavy atom. The predicted molar refractivity (Wildman–Crippen MR) is 107 cm³/mol. The summed E-state index contributed by atoms with van der Waals surface area (Å²) in [4.78, 5) is 25.8. The molecule has 0 atom stereocenters. The van der Waals surface area contributed by atoms with Gasteiger partial charge in [-0.3, -0.25) is 4.79 Å². The van der Waals surface area contributed by atoms with E-state index in [9.17, 15) is 9.59 Å². The molecule has 1 fully saturated rings. The quantitative estimate of drug-likeness (QED) is 0.689. The molecule has 2 heterocycles. The maximum absolute atomic E-state index is 12.4. The van der Waals surface area contributed by atoms with Crippen molar-refractivity contribution in [1.29, 1.82) is 0 Å². The predicted octanol–water partition coefficient (Wildman–Crippen LogP) is 3.10. The smallest absolute Gasteiger partial charge is 0.321 e. The highest BCUT2D eigenvalue weighted by Gasteiger charge is 2.27. The third kappa shape index (κ3) is 5.72. The van der Waals surface area contributed by atoms with E-state index >= 15 is 0 Å². The van der Waals surface area contributed by atoms with Crippen LogP contribution in [0.4, 0.5) is 10.5 Å². The molecule has 1 aromatic heterocycles. The molecule has 2 aromatic rings.